The summed E-state index contributed by atoms with van der Waals surface area (Å²) in [6.45, 7) is 1.46. The number of carbonyl (C=O) groups is 1. The molecule has 0 unspecified atom stereocenters. The Bertz CT molecular complexity index is 534. The lowest BCUT2D eigenvalue weighted by molar-refractivity contribution is -0.137. The van der Waals surface area contributed by atoms with Gasteiger partial charge in [0.1, 0.15) is 0 Å². The molecule has 21 heavy (non-hydrogen) atoms. The molecule has 0 aromatic heterocycles. The molecule has 2 rings (SSSR count). The normalized spacial score (nSPS) is 16.7. The lowest BCUT2D eigenvalue weighted by Crippen LogP contribution is -2.34. The van der Waals surface area contributed by atoms with Crippen LogP contribution in [0.5, 0.6) is 0 Å². The number of anilines is 2. The van der Waals surface area contributed by atoms with Gasteiger partial charge in [-0.3, -0.25) is 0 Å². The second-order valence-electron chi connectivity index (χ2n) is 4.92. The third-order valence-corrected chi connectivity index (χ3v) is 3.40. The van der Waals surface area contributed by atoms with Gasteiger partial charge in [0, 0.05) is 37.6 Å². The van der Waals surface area contributed by atoms with Crippen LogP contribution in [-0.4, -0.2) is 42.3 Å². The number of halogens is 3. The number of alkyl halides is 3. The summed E-state index contributed by atoms with van der Waals surface area (Å²) in [5, 5.41) is 8.95. The van der Waals surface area contributed by atoms with Crippen LogP contribution in [0.2, 0.25) is 0 Å². The predicted molar refractivity (Wildman–Crippen MR) is 72.3 cm³/mol. The van der Waals surface area contributed by atoms with Crippen LogP contribution in [0.3, 0.4) is 0 Å². The highest BCUT2D eigenvalue weighted by molar-refractivity contribution is 5.65. The first-order valence-electron chi connectivity index (χ1n) is 6.48. The standard InChI is InChI=1S/C13H16F3N3O2/c14-13(15,16)9-6-10(17)8-11(7-9)18-2-1-3-19(5-4-18)12(20)21/h6-8H,1-5,17H2,(H,20,21). The molecule has 0 aliphatic carbocycles. The summed E-state index contributed by atoms with van der Waals surface area (Å²) in [7, 11) is 0. The SMILES string of the molecule is Nc1cc(N2CCCN(C(=O)O)CC2)cc(C(F)(F)F)c1. The maximum atomic E-state index is 12.8. The van der Waals surface area contributed by atoms with E-state index in [9.17, 15) is 18.0 Å². The molecular formula is C13H16F3N3O2. The first kappa shape index (κ1) is 15.3. The summed E-state index contributed by atoms with van der Waals surface area (Å²) in [5.74, 6) is 0. The van der Waals surface area contributed by atoms with Crippen molar-refractivity contribution < 1.29 is 23.1 Å². The molecule has 8 heteroatoms. The smallest absolute Gasteiger partial charge is 0.416 e. The van der Waals surface area contributed by atoms with Crippen LogP contribution in [0.4, 0.5) is 29.3 Å². The number of hydrogen-bond acceptors (Lipinski definition) is 3. The Morgan fingerprint density at radius 3 is 2.48 bits per heavy atom. The fourth-order valence-electron chi connectivity index (χ4n) is 2.35. The Morgan fingerprint density at radius 1 is 1.14 bits per heavy atom. The van der Waals surface area contributed by atoms with Gasteiger partial charge in [0.2, 0.25) is 0 Å². The molecule has 3 N–H and O–H groups in total. The van der Waals surface area contributed by atoms with Crippen LogP contribution in [0, 0.1) is 0 Å². The zero-order valence-electron chi connectivity index (χ0n) is 11.2. The molecule has 1 saturated heterocycles. The topological polar surface area (TPSA) is 69.8 Å². The number of nitrogen functional groups attached to an aromatic ring is 1. The lowest BCUT2D eigenvalue weighted by Gasteiger charge is -2.24. The summed E-state index contributed by atoms with van der Waals surface area (Å²) in [6.07, 6.45) is -4.91. The average molecular weight is 303 g/mol. The molecule has 0 radical (unpaired) electrons. The van der Waals surface area contributed by atoms with Crippen LogP contribution >= 0.6 is 0 Å². The van der Waals surface area contributed by atoms with Gasteiger partial charge in [0.15, 0.2) is 0 Å². The minimum absolute atomic E-state index is 0.0409. The third-order valence-electron chi connectivity index (χ3n) is 3.40. The molecule has 1 aliphatic heterocycles. The fourth-order valence-corrected chi connectivity index (χ4v) is 2.35. The molecule has 1 aliphatic rings. The summed E-state index contributed by atoms with van der Waals surface area (Å²) in [4.78, 5) is 13.9. The average Bonchev–Trinajstić information content (AvgIpc) is 2.62. The second kappa shape index (κ2) is 5.71. The highest BCUT2D eigenvalue weighted by atomic mass is 19.4. The van der Waals surface area contributed by atoms with E-state index in [4.69, 9.17) is 10.8 Å². The quantitative estimate of drug-likeness (QED) is 0.782. The summed E-state index contributed by atoms with van der Waals surface area (Å²) < 4.78 is 38.4. The lowest BCUT2D eigenvalue weighted by atomic mass is 10.1. The Balaban J connectivity index is 2.22. The molecular weight excluding hydrogens is 287 g/mol. The Labute approximate surface area is 119 Å². The third kappa shape index (κ3) is 3.71. The van der Waals surface area contributed by atoms with Crippen LogP contribution in [0.25, 0.3) is 0 Å². The van der Waals surface area contributed by atoms with Gasteiger partial charge in [0.05, 0.1) is 5.56 Å². The van der Waals surface area contributed by atoms with E-state index in [-0.39, 0.29) is 12.2 Å². The maximum Gasteiger partial charge on any atom is 0.416 e. The molecule has 0 atom stereocenters. The molecule has 1 heterocycles. The Hall–Kier alpha value is -2.12. The van der Waals surface area contributed by atoms with Crippen molar-refractivity contribution in [2.24, 2.45) is 0 Å². The molecule has 0 bridgehead atoms. The van der Waals surface area contributed by atoms with Gasteiger partial charge in [0.25, 0.3) is 0 Å². The first-order valence-corrected chi connectivity index (χ1v) is 6.48. The molecule has 1 aromatic carbocycles. The second-order valence-corrected chi connectivity index (χ2v) is 4.92. The van der Waals surface area contributed by atoms with E-state index in [0.717, 1.165) is 12.1 Å². The molecule has 1 fully saturated rings. The van der Waals surface area contributed by atoms with E-state index < -0.39 is 17.8 Å². The van der Waals surface area contributed by atoms with Gasteiger partial charge >= 0.3 is 12.3 Å². The highest BCUT2D eigenvalue weighted by Crippen LogP contribution is 2.34. The summed E-state index contributed by atoms with van der Waals surface area (Å²) in [5.41, 5.74) is 5.16. The van der Waals surface area contributed by atoms with E-state index in [1.165, 1.54) is 11.0 Å². The Morgan fingerprint density at radius 2 is 1.86 bits per heavy atom. The van der Waals surface area contributed by atoms with Crippen LogP contribution in [0.1, 0.15) is 12.0 Å². The molecule has 5 nitrogen and oxygen atoms in total. The van der Waals surface area contributed by atoms with Crippen molar-refractivity contribution in [3.05, 3.63) is 23.8 Å². The van der Waals surface area contributed by atoms with Gasteiger partial charge in [-0.05, 0) is 24.6 Å². The van der Waals surface area contributed by atoms with Crippen LogP contribution < -0.4 is 10.6 Å². The number of amides is 1. The van der Waals surface area contributed by atoms with Gasteiger partial charge in [-0.15, -0.1) is 0 Å². The van der Waals surface area contributed by atoms with Crippen molar-refractivity contribution in [2.45, 2.75) is 12.6 Å². The number of benzene rings is 1. The van der Waals surface area contributed by atoms with E-state index in [2.05, 4.69) is 0 Å². The van der Waals surface area contributed by atoms with Crippen molar-refractivity contribution in [2.75, 3.05) is 36.8 Å². The summed E-state index contributed by atoms with van der Waals surface area (Å²) in [6, 6.07) is 3.42. The van der Waals surface area contributed by atoms with Crippen LogP contribution in [0.15, 0.2) is 18.2 Å². The van der Waals surface area contributed by atoms with Gasteiger partial charge < -0.3 is 20.6 Å². The van der Waals surface area contributed by atoms with Gasteiger partial charge in [-0.1, -0.05) is 0 Å². The largest absolute Gasteiger partial charge is 0.465 e. The first-order chi connectivity index (χ1) is 9.77. The minimum atomic E-state index is -4.46. The monoisotopic (exact) mass is 303 g/mol. The highest BCUT2D eigenvalue weighted by Gasteiger charge is 2.31. The van der Waals surface area contributed by atoms with E-state index >= 15 is 0 Å². The molecule has 1 amide bonds. The summed E-state index contributed by atoms with van der Waals surface area (Å²) >= 11 is 0. The molecule has 1 aromatic rings. The molecule has 116 valence electrons. The number of nitrogens with zero attached hydrogens (tertiary/aromatic N) is 2. The number of nitrogens with two attached hydrogens (primary N) is 1. The molecule has 0 spiro atoms. The number of carboxylic acid groups (broad SMARTS) is 1. The van der Waals surface area contributed by atoms with Crippen molar-refractivity contribution in [3.8, 4) is 0 Å². The number of hydrogen-bond donors (Lipinski definition) is 2. The van der Waals surface area contributed by atoms with Crippen molar-refractivity contribution in [1.29, 1.82) is 0 Å². The zero-order valence-corrected chi connectivity index (χ0v) is 11.2. The van der Waals surface area contributed by atoms with Gasteiger partial charge in [-0.25, -0.2) is 4.79 Å². The predicted octanol–water partition coefficient (Wildman–Crippen LogP) is 2.48. The minimum Gasteiger partial charge on any atom is -0.465 e. The van der Waals surface area contributed by atoms with Gasteiger partial charge in [-0.2, -0.15) is 13.2 Å². The number of rotatable bonds is 1. The van der Waals surface area contributed by atoms with Crippen LogP contribution in [-0.2, 0) is 6.18 Å². The fraction of sp³-hybridized carbons (Fsp3) is 0.462. The zero-order chi connectivity index (χ0) is 15.6. The van der Waals surface area contributed by atoms with E-state index in [1.807, 2.05) is 0 Å². The van der Waals surface area contributed by atoms with E-state index in [0.29, 0.717) is 31.7 Å². The van der Waals surface area contributed by atoms with E-state index in [1.54, 1.807) is 4.90 Å². The maximum absolute atomic E-state index is 12.8. The van der Waals surface area contributed by atoms with Crippen molar-refractivity contribution in [1.82, 2.24) is 4.90 Å². The van der Waals surface area contributed by atoms with Crippen molar-refractivity contribution >= 4 is 17.5 Å². The Kier molecular flexibility index (Phi) is 4.15. The molecule has 0 saturated carbocycles. The van der Waals surface area contributed by atoms with Crippen molar-refractivity contribution in [3.63, 3.8) is 0 Å².